The van der Waals surface area contributed by atoms with Gasteiger partial charge < -0.3 is 4.74 Å². The van der Waals surface area contributed by atoms with E-state index in [2.05, 4.69) is 31.0 Å². The topological polar surface area (TPSA) is 21.6 Å². The summed E-state index contributed by atoms with van der Waals surface area (Å²) in [4.78, 5) is 4.37. The molecule has 0 radical (unpaired) electrons. The van der Waals surface area contributed by atoms with E-state index in [-0.39, 0.29) is 0 Å². The molecule has 0 amide bonds. The van der Waals surface area contributed by atoms with Crippen molar-refractivity contribution in [2.45, 2.75) is 27.7 Å². The lowest BCUT2D eigenvalue weighted by atomic mass is 10.1. The number of aliphatic imine (C=N–C) groups is 1. The van der Waals surface area contributed by atoms with Crippen LogP contribution in [0.3, 0.4) is 0 Å². The van der Waals surface area contributed by atoms with Crippen LogP contribution in [-0.4, -0.2) is 13.0 Å². The summed E-state index contributed by atoms with van der Waals surface area (Å²) in [7, 11) is 1.65. The quantitative estimate of drug-likeness (QED) is 0.576. The largest absolute Gasteiger partial charge is 0.481 e. The van der Waals surface area contributed by atoms with E-state index in [9.17, 15) is 0 Å². The molecule has 0 saturated carbocycles. The van der Waals surface area contributed by atoms with Gasteiger partial charge in [-0.05, 0) is 44.9 Å². The van der Waals surface area contributed by atoms with Gasteiger partial charge in [-0.15, -0.1) is 0 Å². The molecular formula is C12H17NO. The third kappa shape index (κ3) is 2.34. The number of ether oxygens (including phenoxy) is 1. The second-order valence-corrected chi connectivity index (χ2v) is 3.60. The Morgan fingerprint density at radius 3 is 2.14 bits per heavy atom. The predicted molar refractivity (Wildman–Crippen MR) is 60.3 cm³/mol. The molecule has 0 aromatic heterocycles. The zero-order chi connectivity index (χ0) is 10.7. The fourth-order valence-electron chi connectivity index (χ4n) is 1.41. The van der Waals surface area contributed by atoms with Gasteiger partial charge in [-0.25, -0.2) is 4.99 Å². The van der Waals surface area contributed by atoms with Gasteiger partial charge in [0.1, 0.15) is 0 Å². The first-order valence-electron chi connectivity index (χ1n) is 4.71. The van der Waals surface area contributed by atoms with E-state index < -0.39 is 0 Å². The van der Waals surface area contributed by atoms with Crippen molar-refractivity contribution in [3.8, 4) is 0 Å². The van der Waals surface area contributed by atoms with Crippen LogP contribution in [0.15, 0.2) is 39.6 Å². The highest BCUT2D eigenvalue weighted by molar-refractivity contribution is 5.94. The highest BCUT2D eigenvalue weighted by Crippen LogP contribution is 2.16. The first-order valence-corrected chi connectivity index (χ1v) is 4.71. The summed E-state index contributed by atoms with van der Waals surface area (Å²) in [6.45, 7) is 8.18. The average Bonchev–Trinajstić information content (AvgIpc) is 2.12. The minimum atomic E-state index is 0.700. The molecule has 1 rings (SSSR count). The van der Waals surface area contributed by atoms with Gasteiger partial charge in [-0.2, -0.15) is 0 Å². The summed E-state index contributed by atoms with van der Waals surface area (Å²) in [6.07, 6.45) is 4.16. The molecule has 0 aromatic carbocycles. The van der Waals surface area contributed by atoms with Crippen LogP contribution < -0.4 is 0 Å². The molecule has 1 aliphatic heterocycles. The first-order chi connectivity index (χ1) is 6.54. The van der Waals surface area contributed by atoms with E-state index in [1.54, 1.807) is 7.11 Å². The fourth-order valence-corrected chi connectivity index (χ4v) is 1.41. The fraction of sp³-hybridized carbons (Fsp3) is 0.417. The van der Waals surface area contributed by atoms with Crippen molar-refractivity contribution in [3.63, 3.8) is 0 Å². The van der Waals surface area contributed by atoms with Crippen molar-refractivity contribution in [3.05, 3.63) is 34.6 Å². The number of hydrogen-bond acceptors (Lipinski definition) is 2. The monoisotopic (exact) mass is 191 g/mol. The van der Waals surface area contributed by atoms with E-state index in [0.717, 1.165) is 11.3 Å². The summed E-state index contributed by atoms with van der Waals surface area (Å²) in [5.74, 6) is 0.700. The minimum absolute atomic E-state index is 0.700. The number of nitrogens with zero attached hydrogens (tertiary/aromatic N) is 1. The van der Waals surface area contributed by atoms with Crippen molar-refractivity contribution in [1.82, 2.24) is 0 Å². The lowest BCUT2D eigenvalue weighted by Crippen LogP contribution is -2.05. The van der Waals surface area contributed by atoms with Crippen molar-refractivity contribution in [2.24, 2.45) is 4.99 Å². The number of hydrogen-bond donors (Lipinski definition) is 0. The van der Waals surface area contributed by atoms with Gasteiger partial charge in [0.25, 0.3) is 0 Å². The molecule has 2 heteroatoms. The van der Waals surface area contributed by atoms with Gasteiger partial charge in [-0.3, -0.25) is 0 Å². The standard InChI is InChI=1S/C12H17NO/c1-8-6-10(3)12(14-5)13-11(4)7-9(8)2/h6-7H,1-5H3. The maximum absolute atomic E-state index is 5.21. The summed E-state index contributed by atoms with van der Waals surface area (Å²) >= 11 is 0. The van der Waals surface area contributed by atoms with Crippen LogP contribution in [0.4, 0.5) is 0 Å². The number of rotatable bonds is 0. The van der Waals surface area contributed by atoms with Crippen LogP contribution in [0.25, 0.3) is 0 Å². The number of methoxy groups -OCH3 is 1. The summed E-state index contributed by atoms with van der Waals surface area (Å²) in [6, 6.07) is 0. The van der Waals surface area contributed by atoms with E-state index in [4.69, 9.17) is 4.74 Å². The van der Waals surface area contributed by atoms with Crippen molar-refractivity contribution in [1.29, 1.82) is 0 Å². The van der Waals surface area contributed by atoms with E-state index >= 15 is 0 Å². The Morgan fingerprint density at radius 1 is 1.00 bits per heavy atom. The van der Waals surface area contributed by atoms with Gasteiger partial charge in [0.15, 0.2) is 0 Å². The second kappa shape index (κ2) is 4.27. The van der Waals surface area contributed by atoms with Gasteiger partial charge in [-0.1, -0.05) is 6.08 Å². The molecule has 0 fully saturated rings. The van der Waals surface area contributed by atoms with Crippen molar-refractivity contribution in [2.75, 3.05) is 7.11 Å². The Bertz CT molecular complexity index is 357. The highest BCUT2D eigenvalue weighted by Gasteiger charge is 2.05. The Hall–Kier alpha value is -1.31. The lowest BCUT2D eigenvalue weighted by molar-refractivity contribution is 0.403. The van der Waals surface area contributed by atoms with Crippen LogP contribution in [0.5, 0.6) is 0 Å². The van der Waals surface area contributed by atoms with Gasteiger partial charge in [0.2, 0.25) is 5.90 Å². The molecule has 14 heavy (non-hydrogen) atoms. The molecule has 0 aromatic rings. The normalized spacial score (nSPS) is 17.9. The zero-order valence-corrected chi connectivity index (χ0v) is 9.51. The second-order valence-electron chi connectivity index (χ2n) is 3.60. The summed E-state index contributed by atoms with van der Waals surface area (Å²) < 4.78 is 5.21. The van der Waals surface area contributed by atoms with Gasteiger partial charge >= 0.3 is 0 Å². The lowest BCUT2D eigenvalue weighted by Gasteiger charge is -2.10. The zero-order valence-electron chi connectivity index (χ0n) is 9.51. The molecule has 0 unspecified atom stereocenters. The van der Waals surface area contributed by atoms with Crippen LogP contribution in [-0.2, 0) is 4.74 Å². The smallest absolute Gasteiger partial charge is 0.216 e. The Balaban J connectivity index is 3.22. The SMILES string of the molecule is COC1=NC(C)=CC(C)=C(C)C=C1C. The molecule has 0 bridgehead atoms. The predicted octanol–water partition coefficient (Wildman–Crippen LogP) is 3.23. The van der Waals surface area contributed by atoms with Crippen LogP contribution >= 0.6 is 0 Å². The van der Waals surface area contributed by atoms with Crippen LogP contribution in [0.1, 0.15) is 27.7 Å². The molecule has 0 saturated heterocycles. The van der Waals surface area contributed by atoms with Gasteiger partial charge in [0.05, 0.1) is 7.11 Å². The first kappa shape index (κ1) is 10.8. The molecule has 0 atom stereocenters. The average molecular weight is 191 g/mol. The van der Waals surface area contributed by atoms with E-state index in [0.29, 0.717) is 5.90 Å². The molecule has 1 heterocycles. The third-order valence-corrected chi connectivity index (χ3v) is 2.29. The highest BCUT2D eigenvalue weighted by atomic mass is 16.5. The molecule has 0 aliphatic carbocycles. The summed E-state index contributed by atoms with van der Waals surface area (Å²) in [5.41, 5.74) is 4.55. The maximum atomic E-state index is 5.21. The third-order valence-electron chi connectivity index (χ3n) is 2.29. The van der Waals surface area contributed by atoms with E-state index in [1.165, 1.54) is 11.1 Å². The maximum Gasteiger partial charge on any atom is 0.216 e. The Labute approximate surface area is 85.7 Å². The molecule has 1 aliphatic rings. The van der Waals surface area contributed by atoms with Crippen LogP contribution in [0.2, 0.25) is 0 Å². The molecular weight excluding hydrogens is 174 g/mol. The van der Waals surface area contributed by atoms with Gasteiger partial charge in [0, 0.05) is 11.3 Å². The van der Waals surface area contributed by atoms with Crippen LogP contribution in [0, 0.1) is 0 Å². The minimum Gasteiger partial charge on any atom is -0.481 e. The molecule has 0 N–H and O–H groups in total. The Morgan fingerprint density at radius 2 is 1.57 bits per heavy atom. The Kier molecular flexibility index (Phi) is 3.28. The van der Waals surface area contributed by atoms with Crippen molar-refractivity contribution >= 4 is 5.90 Å². The summed E-state index contributed by atoms with van der Waals surface area (Å²) in [5, 5.41) is 0. The molecule has 76 valence electrons. The number of allylic oxidation sites excluding steroid dienone is 5. The van der Waals surface area contributed by atoms with Crippen molar-refractivity contribution < 1.29 is 4.74 Å². The van der Waals surface area contributed by atoms with E-state index in [1.807, 2.05) is 13.8 Å². The molecule has 0 spiro atoms. The molecule has 2 nitrogen and oxygen atoms in total.